The van der Waals surface area contributed by atoms with Crippen LogP contribution in [0, 0.1) is 5.92 Å². The van der Waals surface area contributed by atoms with Gasteiger partial charge in [-0.1, -0.05) is 24.3 Å². The fourth-order valence-electron chi connectivity index (χ4n) is 4.05. The summed E-state index contributed by atoms with van der Waals surface area (Å²) in [6.07, 6.45) is 7.16. The predicted molar refractivity (Wildman–Crippen MR) is 135 cm³/mol. The van der Waals surface area contributed by atoms with Gasteiger partial charge in [0.1, 0.15) is 19.0 Å². The monoisotopic (exact) mass is 478 g/mol. The van der Waals surface area contributed by atoms with E-state index in [9.17, 15) is 9.59 Å². The van der Waals surface area contributed by atoms with Crippen LogP contribution in [-0.2, 0) is 9.59 Å². The first kappa shape index (κ1) is 24.6. The number of ether oxygens (including phenoxy) is 3. The third kappa shape index (κ3) is 7.50. The van der Waals surface area contributed by atoms with E-state index >= 15 is 0 Å². The SMILES string of the molecule is CCOc1cc(/C=C/C(=O)N2CCCC(C(=O)NC3CC3)C2)ccc1OCCOc1ccccc1. The van der Waals surface area contributed by atoms with Crippen LogP contribution in [0.1, 0.15) is 38.2 Å². The molecule has 1 aliphatic carbocycles. The summed E-state index contributed by atoms with van der Waals surface area (Å²) in [7, 11) is 0. The van der Waals surface area contributed by atoms with Crippen molar-refractivity contribution in [2.24, 2.45) is 5.92 Å². The summed E-state index contributed by atoms with van der Waals surface area (Å²) >= 11 is 0. The standard InChI is InChI=1S/C28H34N2O5/c1-2-33-26-19-21(10-14-25(26)35-18-17-34-24-8-4-3-5-9-24)11-15-27(31)30-16-6-7-22(20-30)28(32)29-23-12-13-23/h3-5,8-11,14-15,19,22-23H,2,6-7,12-13,16-18,20H2,1H3,(H,29,32)/b15-11+. The zero-order valence-corrected chi connectivity index (χ0v) is 20.3. The smallest absolute Gasteiger partial charge is 0.246 e. The van der Waals surface area contributed by atoms with E-state index in [0.29, 0.717) is 50.5 Å². The number of nitrogens with zero attached hydrogens (tertiary/aromatic N) is 1. The third-order valence-corrected chi connectivity index (χ3v) is 6.07. The Morgan fingerprint density at radius 3 is 2.57 bits per heavy atom. The lowest BCUT2D eigenvalue weighted by atomic mass is 9.97. The van der Waals surface area contributed by atoms with Gasteiger partial charge in [-0.3, -0.25) is 9.59 Å². The number of carbonyl (C=O) groups is 2. The van der Waals surface area contributed by atoms with E-state index in [1.807, 2.05) is 55.5 Å². The van der Waals surface area contributed by atoms with Crippen LogP contribution in [0.15, 0.2) is 54.6 Å². The molecule has 2 aromatic carbocycles. The van der Waals surface area contributed by atoms with Gasteiger partial charge >= 0.3 is 0 Å². The topological polar surface area (TPSA) is 77.1 Å². The number of para-hydroxylation sites is 1. The lowest BCUT2D eigenvalue weighted by molar-refractivity contribution is -0.132. The van der Waals surface area contributed by atoms with E-state index in [2.05, 4.69) is 5.32 Å². The van der Waals surface area contributed by atoms with Crippen molar-refractivity contribution in [3.8, 4) is 17.2 Å². The number of piperidine rings is 1. The first-order valence-electron chi connectivity index (χ1n) is 12.5. The Hall–Kier alpha value is -3.48. The summed E-state index contributed by atoms with van der Waals surface area (Å²) in [4.78, 5) is 26.9. The molecule has 1 unspecified atom stereocenters. The minimum absolute atomic E-state index is 0.0785. The van der Waals surface area contributed by atoms with Gasteiger partial charge in [0.2, 0.25) is 11.8 Å². The van der Waals surface area contributed by atoms with E-state index in [4.69, 9.17) is 14.2 Å². The zero-order valence-electron chi connectivity index (χ0n) is 20.3. The van der Waals surface area contributed by atoms with E-state index in [-0.39, 0.29) is 17.7 Å². The van der Waals surface area contributed by atoms with Gasteiger partial charge < -0.3 is 24.4 Å². The molecule has 1 saturated heterocycles. The van der Waals surface area contributed by atoms with Crippen LogP contribution in [0.25, 0.3) is 6.08 Å². The number of likely N-dealkylation sites (tertiary alicyclic amines) is 1. The largest absolute Gasteiger partial charge is 0.490 e. The minimum atomic E-state index is -0.117. The molecule has 2 fully saturated rings. The van der Waals surface area contributed by atoms with Crippen LogP contribution >= 0.6 is 0 Å². The highest BCUT2D eigenvalue weighted by molar-refractivity contribution is 5.92. The van der Waals surface area contributed by atoms with E-state index in [1.165, 1.54) is 0 Å². The van der Waals surface area contributed by atoms with Gasteiger partial charge in [0, 0.05) is 25.2 Å². The van der Waals surface area contributed by atoms with Crippen molar-refractivity contribution in [2.75, 3.05) is 32.9 Å². The Labute approximate surface area is 207 Å². The number of rotatable bonds is 11. The Kier molecular flexibility index (Phi) is 8.65. The maximum atomic E-state index is 12.8. The van der Waals surface area contributed by atoms with Gasteiger partial charge in [-0.15, -0.1) is 0 Å². The summed E-state index contributed by atoms with van der Waals surface area (Å²) in [5.74, 6) is 1.94. The fourth-order valence-corrected chi connectivity index (χ4v) is 4.05. The lowest BCUT2D eigenvalue weighted by Gasteiger charge is -2.31. The molecule has 7 heteroatoms. The third-order valence-electron chi connectivity index (χ3n) is 6.07. The van der Waals surface area contributed by atoms with Crippen molar-refractivity contribution in [2.45, 2.75) is 38.6 Å². The van der Waals surface area contributed by atoms with Crippen molar-refractivity contribution in [1.82, 2.24) is 10.2 Å². The average Bonchev–Trinajstić information content (AvgIpc) is 3.71. The summed E-state index contributed by atoms with van der Waals surface area (Å²) in [6.45, 7) is 4.37. The van der Waals surface area contributed by atoms with Crippen molar-refractivity contribution in [3.63, 3.8) is 0 Å². The second kappa shape index (κ2) is 12.3. The quantitative estimate of drug-likeness (QED) is 0.389. The Morgan fingerprint density at radius 1 is 1.00 bits per heavy atom. The number of amides is 2. The normalized spacial score (nSPS) is 17.7. The molecule has 2 amide bonds. The molecule has 1 atom stereocenters. The molecule has 35 heavy (non-hydrogen) atoms. The zero-order chi connectivity index (χ0) is 24.5. The molecule has 4 rings (SSSR count). The molecular weight excluding hydrogens is 444 g/mol. The van der Waals surface area contributed by atoms with Crippen LogP contribution in [0.5, 0.6) is 17.2 Å². The minimum Gasteiger partial charge on any atom is -0.490 e. The molecular formula is C28H34N2O5. The number of hydrogen-bond acceptors (Lipinski definition) is 5. The van der Waals surface area contributed by atoms with Crippen LogP contribution in [0.4, 0.5) is 0 Å². The first-order chi connectivity index (χ1) is 17.1. The van der Waals surface area contributed by atoms with Crippen molar-refractivity contribution in [1.29, 1.82) is 0 Å². The number of benzene rings is 2. The molecule has 0 bridgehead atoms. The highest BCUT2D eigenvalue weighted by Gasteiger charge is 2.31. The Balaban J connectivity index is 1.30. The molecule has 0 spiro atoms. The van der Waals surface area contributed by atoms with Crippen molar-refractivity contribution in [3.05, 3.63) is 60.2 Å². The second-order valence-corrected chi connectivity index (χ2v) is 8.89. The van der Waals surface area contributed by atoms with Crippen molar-refractivity contribution >= 4 is 17.9 Å². The first-order valence-corrected chi connectivity index (χ1v) is 12.5. The van der Waals surface area contributed by atoms with Gasteiger partial charge in [-0.2, -0.15) is 0 Å². The van der Waals surface area contributed by atoms with E-state index in [0.717, 1.165) is 37.0 Å². The fraction of sp³-hybridized carbons (Fsp3) is 0.429. The molecule has 1 N–H and O–H groups in total. The lowest BCUT2D eigenvalue weighted by Crippen LogP contribution is -2.45. The van der Waals surface area contributed by atoms with Crippen LogP contribution in [-0.4, -0.2) is 55.7 Å². The molecule has 1 saturated carbocycles. The predicted octanol–water partition coefficient (Wildman–Crippen LogP) is 4.07. The number of carbonyl (C=O) groups excluding carboxylic acids is 2. The van der Waals surface area contributed by atoms with Crippen molar-refractivity contribution < 1.29 is 23.8 Å². The Morgan fingerprint density at radius 2 is 1.80 bits per heavy atom. The molecule has 0 radical (unpaired) electrons. The van der Waals surface area contributed by atoms with Gasteiger partial charge in [0.15, 0.2) is 11.5 Å². The highest BCUT2D eigenvalue weighted by Crippen LogP contribution is 2.29. The molecule has 0 aromatic heterocycles. The van der Waals surface area contributed by atoms with E-state index in [1.54, 1.807) is 17.1 Å². The molecule has 2 aromatic rings. The number of nitrogens with one attached hydrogen (secondary N) is 1. The highest BCUT2D eigenvalue weighted by atomic mass is 16.5. The summed E-state index contributed by atoms with van der Waals surface area (Å²) in [6, 6.07) is 15.5. The Bertz CT molecular complexity index is 1020. The van der Waals surface area contributed by atoms with Crippen LogP contribution in [0.2, 0.25) is 0 Å². The molecule has 186 valence electrons. The van der Waals surface area contributed by atoms with Gasteiger partial charge in [-0.25, -0.2) is 0 Å². The second-order valence-electron chi connectivity index (χ2n) is 8.89. The number of hydrogen-bond donors (Lipinski definition) is 1. The van der Waals surface area contributed by atoms with Gasteiger partial charge in [-0.05, 0) is 68.5 Å². The summed E-state index contributed by atoms with van der Waals surface area (Å²) < 4.78 is 17.3. The van der Waals surface area contributed by atoms with Gasteiger partial charge in [0.25, 0.3) is 0 Å². The maximum Gasteiger partial charge on any atom is 0.246 e. The molecule has 1 aliphatic heterocycles. The molecule has 1 heterocycles. The molecule has 7 nitrogen and oxygen atoms in total. The maximum absolute atomic E-state index is 12.8. The summed E-state index contributed by atoms with van der Waals surface area (Å²) in [5, 5.41) is 3.06. The summed E-state index contributed by atoms with van der Waals surface area (Å²) in [5.41, 5.74) is 0.842. The van der Waals surface area contributed by atoms with E-state index < -0.39 is 0 Å². The van der Waals surface area contributed by atoms with Gasteiger partial charge in [0.05, 0.1) is 12.5 Å². The van der Waals surface area contributed by atoms with Crippen LogP contribution < -0.4 is 19.5 Å². The average molecular weight is 479 g/mol. The van der Waals surface area contributed by atoms with Crippen LogP contribution in [0.3, 0.4) is 0 Å². The molecule has 2 aliphatic rings.